The van der Waals surface area contributed by atoms with Gasteiger partial charge in [-0.3, -0.25) is 4.79 Å². The molecule has 1 amide bonds. The Labute approximate surface area is 85.2 Å². The van der Waals surface area contributed by atoms with Gasteiger partial charge in [0, 0.05) is 19.0 Å². The molecule has 0 heterocycles. The molecule has 0 bridgehead atoms. The topological polar surface area (TPSA) is 46.6 Å². The Morgan fingerprint density at radius 1 is 1.36 bits per heavy atom. The van der Waals surface area contributed by atoms with Gasteiger partial charge in [0.15, 0.2) is 0 Å². The van der Waals surface area contributed by atoms with Crippen molar-refractivity contribution >= 4 is 11.9 Å². The molecule has 0 saturated heterocycles. The number of Topliss-reactive ketones (excluding diaryl/α,β-unsaturated/α-hetero) is 1. The van der Waals surface area contributed by atoms with E-state index >= 15 is 0 Å². The van der Waals surface area contributed by atoms with E-state index in [4.69, 9.17) is 4.74 Å². The third-order valence-corrected chi connectivity index (χ3v) is 1.88. The van der Waals surface area contributed by atoms with Crippen LogP contribution >= 0.6 is 0 Å². The number of carbonyl (C=O) groups excluding carboxylic acids is 2. The lowest BCUT2D eigenvalue weighted by atomic mass is 10.3. The summed E-state index contributed by atoms with van der Waals surface area (Å²) in [4.78, 5) is 23.6. The SMILES string of the molecule is CCN(C(=O)OCCC(C)=O)C(C)C. The largest absolute Gasteiger partial charge is 0.449 e. The first-order chi connectivity index (χ1) is 6.49. The molecule has 0 aliphatic carbocycles. The van der Waals surface area contributed by atoms with E-state index in [2.05, 4.69) is 0 Å². The molecule has 0 aromatic heterocycles. The van der Waals surface area contributed by atoms with Crippen LogP contribution in [0.4, 0.5) is 4.79 Å². The molecule has 0 fully saturated rings. The predicted octanol–water partition coefficient (Wildman–Crippen LogP) is 1.83. The lowest BCUT2D eigenvalue weighted by Crippen LogP contribution is -2.37. The summed E-state index contributed by atoms with van der Waals surface area (Å²) in [6.45, 7) is 8.03. The Morgan fingerprint density at radius 2 is 1.93 bits per heavy atom. The Balaban J connectivity index is 3.87. The second kappa shape index (κ2) is 6.40. The minimum absolute atomic E-state index is 0.0328. The molecule has 0 aliphatic heterocycles. The van der Waals surface area contributed by atoms with Crippen LogP contribution in [-0.2, 0) is 9.53 Å². The van der Waals surface area contributed by atoms with Crippen molar-refractivity contribution in [2.45, 2.75) is 40.2 Å². The third-order valence-electron chi connectivity index (χ3n) is 1.88. The highest BCUT2D eigenvalue weighted by atomic mass is 16.6. The molecule has 0 radical (unpaired) electrons. The molecule has 4 nitrogen and oxygen atoms in total. The van der Waals surface area contributed by atoms with Crippen molar-refractivity contribution in [2.75, 3.05) is 13.2 Å². The molecule has 0 spiro atoms. The average Bonchev–Trinajstić information content (AvgIpc) is 2.03. The van der Waals surface area contributed by atoms with Gasteiger partial charge in [0.2, 0.25) is 0 Å². The molecular weight excluding hydrogens is 182 g/mol. The third kappa shape index (κ3) is 4.84. The van der Waals surface area contributed by atoms with Crippen molar-refractivity contribution in [3.63, 3.8) is 0 Å². The summed E-state index contributed by atoms with van der Waals surface area (Å²) >= 11 is 0. The van der Waals surface area contributed by atoms with E-state index < -0.39 is 0 Å². The number of rotatable bonds is 5. The fraction of sp³-hybridized carbons (Fsp3) is 0.800. The van der Waals surface area contributed by atoms with Gasteiger partial charge in [-0.05, 0) is 27.7 Å². The highest BCUT2D eigenvalue weighted by Gasteiger charge is 2.15. The van der Waals surface area contributed by atoms with Crippen LogP contribution in [0.1, 0.15) is 34.1 Å². The maximum atomic E-state index is 11.4. The number of nitrogens with zero attached hydrogens (tertiary/aromatic N) is 1. The van der Waals surface area contributed by atoms with Crippen LogP contribution in [0.15, 0.2) is 0 Å². The molecule has 0 rings (SSSR count). The van der Waals surface area contributed by atoms with Gasteiger partial charge in [0.25, 0.3) is 0 Å². The van der Waals surface area contributed by atoms with Crippen molar-refractivity contribution in [3.8, 4) is 0 Å². The average molecular weight is 201 g/mol. The predicted molar refractivity (Wildman–Crippen MR) is 54.2 cm³/mol. The number of ether oxygens (including phenoxy) is 1. The van der Waals surface area contributed by atoms with E-state index in [0.29, 0.717) is 13.0 Å². The highest BCUT2D eigenvalue weighted by Crippen LogP contribution is 2.01. The number of ketones is 1. The van der Waals surface area contributed by atoms with Gasteiger partial charge in [0.1, 0.15) is 12.4 Å². The zero-order valence-electron chi connectivity index (χ0n) is 9.37. The first kappa shape index (κ1) is 12.9. The van der Waals surface area contributed by atoms with E-state index in [1.165, 1.54) is 6.92 Å². The van der Waals surface area contributed by atoms with Gasteiger partial charge < -0.3 is 9.64 Å². The first-order valence-corrected chi connectivity index (χ1v) is 4.91. The van der Waals surface area contributed by atoms with E-state index in [1.807, 2.05) is 20.8 Å². The van der Waals surface area contributed by atoms with Gasteiger partial charge in [-0.15, -0.1) is 0 Å². The van der Waals surface area contributed by atoms with Gasteiger partial charge >= 0.3 is 6.09 Å². The molecule has 0 aromatic rings. The van der Waals surface area contributed by atoms with E-state index in [9.17, 15) is 9.59 Å². The highest BCUT2D eigenvalue weighted by molar-refractivity contribution is 5.76. The number of carbonyl (C=O) groups is 2. The van der Waals surface area contributed by atoms with Crippen LogP contribution < -0.4 is 0 Å². The summed E-state index contributed by atoms with van der Waals surface area (Å²) in [5.74, 6) is 0.0328. The number of hydrogen-bond acceptors (Lipinski definition) is 3. The van der Waals surface area contributed by atoms with Crippen molar-refractivity contribution in [3.05, 3.63) is 0 Å². The Bertz CT molecular complexity index is 202. The monoisotopic (exact) mass is 201 g/mol. The van der Waals surface area contributed by atoms with Crippen LogP contribution in [0.5, 0.6) is 0 Å². The van der Waals surface area contributed by atoms with E-state index in [0.717, 1.165) is 0 Å². The standard InChI is InChI=1S/C10H19NO3/c1-5-11(8(2)3)10(13)14-7-6-9(4)12/h8H,5-7H2,1-4H3. The van der Waals surface area contributed by atoms with Crippen LogP contribution in [0.3, 0.4) is 0 Å². The van der Waals surface area contributed by atoms with Crippen molar-refractivity contribution in [1.29, 1.82) is 0 Å². The van der Waals surface area contributed by atoms with E-state index in [-0.39, 0.29) is 24.5 Å². The van der Waals surface area contributed by atoms with Gasteiger partial charge in [-0.25, -0.2) is 4.79 Å². The molecule has 0 atom stereocenters. The Morgan fingerprint density at radius 3 is 2.29 bits per heavy atom. The Hall–Kier alpha value is -1.06. The second-order valence-corrected chi connectivity index (χ2v) is 3.45. The van der Waals surface area contributed by atoms with Gasteiger partial charge in [0.05, 0.1) is 0 Å². The molecule has 0 N–H and O–H groups in total. The smallest absolute Gasteiger partial charge is 0.409 e. The second-order valence-electron chi connectivity index (χ2n) is 3.45. The summed E-state index contributed by atoms with van der Waals surface area (Å²) in [6.07, 6.45) is -0.0507. The maximum Gasteiger partial charge on any atom is 0.409 e. The summed E-state index contributed by atoms with van der Waals surface area (Å²) in [5.41, 5.74) is 0. The van der Waals surface area contributed by atoms with Gasteiger partial charge in [-0.2, -0.15) is 0 Å². The Kier molecular flexibility index (Phi) is 5.92. The summed E-state index contributed by atoms with van der Waals surface area (Å²) < 4.78 is 4.93. The van der Waals surface area contributed by atoms with Crippen molar-refractivity contribution < 1.29 is 14.3 Å². The summed E-state index contributed by atoms with van der Waals surface area (Å²) in [6, 6.07) is 0.129. The maximum absolute atomic E-state index is 11.4. The molecule has 82 valence electrons. The zero-order chi connectivity index (χ0) is 11.1. The van der Waals surface area contributed by atoms with Crippen molar-refractivity contribution in [2.24, 2.45) is 0 Å². The summed E-state index contributed by atoms with van der Waals surface area (Å²) in [5, 5.41) is 0. The van der Waals surface area contributed by atoms with Crippen LogP contribution in [-0.4, -0.2) is 36.0 Å². The molecule has 0 aromatic carbocycles. The fourth-order valence-electron chi connectivity index (χ4n) is 1.07. The van der Waals surface area contributed by atoms with Crippen LogP contribution in [0.2, 0.25) is 0 Å². The number of hydrogen-bond donors (Lipinski definition) is 0. The molecule has 0 saturated carbocycles. The molecule has 0 unspecified atom stereocenters. The van der Waals surface area contributed by atoms with Crippen LogP contribution in [0, 0.1) is 0 Å². The molecular formula is C10H19NO3. The summed E-state index contributed by atoms with van der Waals surface area (Å²) in [7, 11) is 0. The minimum atomic E-state index is -0.344. The molecule has 14 heavy (non-hydrogen) atoms. The molecule has 0 aliphatic rings. The lowest BCUT2D eigenvalue weighted by molar-refractivity contribution is -0.117. The number of amides is 1. The quantitative estimate of drug-likeness (QED) is 0.681. The minimum Gasteiger partial charge on any atom is -0.449 e. The molecule has 4 heteroatoms. The normalized spacial score (nSPS) is 10.1. The van der Waals surface area contributed by atoms with Crippen LogP contribution in [0.25, 0.3) is 0 Å². The first-order valence-electron chi connectivity index (χ1n) is 4.91. The lowest BCUT2D eigenvalue weighted by Gasteiger charge is -2.24. The van der Waals surface area contributed by atoms with E-state index in [1.54, 1.807) is 4.90 Å². The zero-order valence-corrected chi connectivity index (χ0v) is 9.37. The fourth-order valence-corrected chi connectivity index (χ4v) is 1.07. The van der Waals surface area contributed by atoms with Gasteiger partial charge in [-0.1, -0.05) is 0 Å². The van der Waals surface area contributed by atoms with Crippen molar-refractivity contribution in [1.82, 2.24) is 4.90 Å².